The van der Waals surface area contributed by atoms with Gasteiger partial charge >= 0.3 is 5.97 Å². The van der Waals surface area contributed by atoms with Crippen LogP contribution in [-0.2, 0) is 20.9 Å². The minimum atomic E-state index is -0.422. The standard InChI is InChI=1S/C22H26N2O4/c1-4-28-20-8-5-18(6-9-20)7-10-21(25)24(15-17(2)22(26)27-3)16-19-11-13-23-14-12-19/h5-14,17H,4,15-16H2,1-3H3/b10-7+. The molecule has 0 bridgehead atoms. The summed E-state index contributed by atoms with van der Waals surface area (Å²) >= 11 is 0. The van der Waals surface area contributed by atoms with Crippen molar-refractivity contribution in [3.63, 3.8) is 0 Å². The van der Waals surface area contributed by atoms with Crippen LogP contribution in [0.25, 0.3) is 6.08 Å². The minimum absolute atomic E-state index is 0.179. The third-order valence-electron chi connectivity index (χ3n) is 4.14. The Balaban J connectivity index is 2.11. The van der Waals surface area contributed by atoms with Gasteiger partial charge in [0, 0.05) is 31.6 Å². The number of nitrogens with zero attached hydrogens (tertiary/aromatic N) is 2. The number of hydrogen-bond donors (Lipinski definition) is 0. The topological polar surface area (TPSA) is 68.7 Å². The van der Waals surface area contributed by atoms with Crippen molar-refractivity contribution in [2.24, 2.45) is 5.92 Å². The maximum absolute atomic E-state index is 12.8. The molecule has 0 saturated carbocycles. The Morgan fingerprint density at radius 2 is 1.82 bits per heavy atom. The molecule has 28 heavy (non-hydrogen) atoms. The Morgan fingerprint density at radius 1 is 1.14 bits per heavy atom. The lowest BCUT2D eigenvalue weighted by Crippen LogP contribution is -2.35. The summed E-state index contributed by atoms with van der Waals surface area (Å²) in [5.74, 6) is -0.156. The van der Waals surface area contributed by atoms with Crippen LogP contribution in [0.4, 0.5) is 0 Å². The number of ether oxygens (including phenoxy) is 2. The van der Waals surface area contributed by atoms with Crippen LogP contribution in [0.2, 0.25) is 0 Å². The van der Waals surface area contributed by atoms with E-state index in [9.17, 15) is 9.59 Å². The van der Waals surface area contributed by atoms with Crippen molar-refractivity contribution in [2.45, 2.75) is 20.4 Å². The number of carbonyl (C=O) groups excluding carboxylic acids is 2. The first-order valence-electron chi connectivity index (χ1n) is 9.20. The summed E-state index contributed by atoms with van der Waals surface area (Å²) < 4.78 is 10.2. The molecule has 2 rings (SSSR count). The van der Waals surface area contributed by atoms with Crippen LogP contribution in [0.15, 0.2) is 54.9 Å². The number of amides is 1. The van der Waals surface area contributed by atoms with Crippen LogP contribution in [0, 0.1) is 5.92 Å². The second-order valence-electron chi connectivity index (χ2n) is 6.33. The van der Waals surface area contributed by atoms with Gasteiger partial charge in [-0.15, -0.1) is 0 Å². The van der Waals surface area contributed by atoms with E-state index >= 15 is 0 Å². The van der Waals surface area contributed by atoms with E-state index < -0.39 is 5.92 Å². The van der Waals surface area contributed by atoms with E-state index in [2.05, 4.69) is 4.98 Å². The number of esters is 1. The van der Waals surface area contributed by atoms with Crippen LogP contribution >= 0.6 is 0 Å². The SMILES string of the molecule is CCOc1ccc(/C=C/C(=O)N(Cc2ccncc2)CC(C)C(=O)OC)cc1. The first-order valence-corrected chi connectivity index (χ1v) is 9.20. The molecule has 1 unspecified atom stereocenters. The average molecular weight is 382 g/mol. The highest BCUT2D eigenvalue weighted by molar-refractivity contribution is 5.92. The van der Waals surface area contributed by atoms with Gasteiger partial charge in [-0.25, -0.2) is 0 Å². The van der Waals surface area contributed by atoms with Crippen molar-refractivity contribution in [1.29, 1.82) is 0 Å². The maximum Gasteiger partial charge on any atom is 0.310 e. The van der Waals surface area contributed by atoms with Crippen molar-refractivity contribution in [1.82, 2.24) is 9.88 Å². The first-order chi connectivity index (χ1) is 13.5. The molecule has 0 saturated heterocycles. The molecule has 0 aliphatic rings. The van der Waals surface area contributed by atoms with Gasteiger partial charge in [0.2, 0.25) is 5.91 Å². The molecule has 0 aliphatic heterocycles. The van der Waals surface area contributed by atoms with Crippen molar-refractivity contribution >= 4 is 18.0 Å². The highest BCUT2D eigenvalue weighted by Gasteiger charge is 2.20. The summed E-state index contributed by atoms with van der Waals surface area (Å²) in [5, 5.41) is 0. The molecule has 0 radical (unpaired) electrons. The number of rotatable bonds is 9. The van der Waals surface area contributed by atoms with Gasteiger partial charge in [0.25, 0.3) is 0 Å². The number of methoxy groups -OCH3 is 1. The minimum Gasteiger partial charge on any atom is -0.494 e. The van der Waals surface area contributed by atoms with Crippen molar-refractivity contribution < 1.29 is 19.1 Å². The Kier molecular flexibility index (Phi) is 8.21. The van der Waals surface area contributed by atoms with Gasteiger partial charge in [-0.3, -0.25) is 14.6 Å². The third kappa shape index (κ3) is 6.54. The van der Waals surface area contributed by atoms with Crippen LogP contribution in [-0.4, -0.2) is 42.0 Å². The second kappa shape index (κ2) is 10.9. The zero-order chi connectivity index (χ0) is 20.4. The van der Waals surface area contributed by atoms with E-state index in [1.54, 1.807) is 30.3 Å². The molecular formula is C22H26N2O4. The summed E-state index contributed by atoms with van der Waals surface area (Å²) in [6.45, 7) is 4.93. The fourth-order valence-corrected chi connectivity index (χ4v) is 2.66. The first kappa shape index (κ1) is 21.2. The molecule has 0 spiro atoms. The van der Waals surface area contributed by atoms with E-state index in [1.165, 1.54) is 13.2 Å². The lowest BCUT2D eigenvalue weighted by atomic mass is 10.1. The molecule has 0 fully saturated rings. The van der Waals surface area contributed by atoms with Gasteiger partial charge in [0.05, 0.1) is 19.6 Å². The van der Waals surface area contributed by atoms with E-state index in [-0.39, 0.29) is 18.4 Å². The van der Waals surface area contributed by atoms with Crippen LogP contribution in [0.5, 0.6) is 5.75 Å². The van der Waals surface area contributed by atoms with Crippen molar-refractivity contribution in [3.05, 3.63) is 66.0 Å². The second-order valence-corrected chi connectivity index (χ2v) is 6.33. The van der Waals surface area contributed by atoms with E-state index in [0.717, 1.165) is 16.9 Å². The van der Waals surface area contributed by atoms with E-state index in [4.69, 9.17) is 9.47 Å². The molecule has 6 nitrogen and oxygen atoms in total. The number of benzene rings is 1. The van der Waals surface area contributed by atoms with Crippen LogP contribution in [0.1, 0.15) is 25.0 Å². The molecule has 1 aromatic heterocycles. The molecule has 2 aromatic rings. The Hall–Kier alpha value is -3.15. The monoisotopic (exact) mass is 382 g/mol. The van der Waals surface area contributed by atoms with Gasteiger partial charge in [-0.2, -0.15) is 0 Å². The number of pyridine rings is 1. The van der Waals surface area contributed by atoms with Gasteiger partial charge in [-0.05, 0) is 48.4 Å². The summed E-state index contributed by atoms with van der Waals surface area (Å²) in [6, 6.07) is 11.2. The predicted octanol–water partition coefficient (Wildman–Crippen LogP) is 3.33. The number of hydrogen-bond acceptors (Lipinski definition) is 5. The van der Waals surface area contributed by atoms with Gasteiger partial charge in [0.1, 0.15) is 5.75 Å². The fourth-order valence-electron chi connectivity index (χ4n) is 2.66. The summed E-state index contributed by atoms with van der Waals surface area (Å²) in [6.07, 6.45) is 6.62. The fraction of sp³-hybridized carbons (Fsp3) is 0.318. The lowest BCUT2D eigenvalue weighted by molar-refractivity contribution is -0.146. The largest absolute Gasteiger partial charge is 0.494 e. The number of carbonyl (C=O) groups is 2. The summed E-state index contributed by atoms with van der Waals surface area (Å²) in [4.78, 5) is 30.2. The molecule has 148 valence electrons. The van der Waals surface area contributed by atoms with Gasteiger partial charge in [0.15, 0.2) is 0 Å². The quantitative estimate of drug-likeness (QED) is 0.491. The maximum atomic E-state index is 12.8. The van der Waals surface area contributed by atoms with Crippen molar-refractivity contribution in [2.75, 3.05) is 20.3 Å². The molecule has 1 aromatic carbocycles. The Morgan fingerprint density at radius 3 is 2.43 bits per heavy atom. The molecule has 1 atom stereocenters. The summed E-state index contributed by atoms with van der Waals surface area (Å²) in [5.41, 5.74) is 1.83. The van der Waals surface area contributed by atoms with E-state index in [0.29, 0.717) is 13.2 Å². The van der Waals surface area contributed by atoms with E-state index in [1.807, 2.05) is 43.3 Å². The smallest absolute Gasteiger partial charge is 0.310 e. The van der Waals surface area contributed by atoms with Gasteiger partial charge < -0.3 is 14.4 Å². The summed E-state index contributed by atoms with van der Waals surface area (Å²) in [7, 11) is 1.35. The Bertz CT molecular complexity index is 788. The number of aromatic nitrogens is 1. The van der Waals surface area contributed by atoms with Crippen molar-refractivity contribution in [3.8, 4) is 5.75 Å². The zero-order valence-electron chi connectivity index (χ0n) is 16.5. The zero-order valence-corrected chi connectivity index (χ0v) is 16.5. The molecule has 0 aliphatic carbocycles. The molecule has 1 heterocycles. The highest BCUT2D eigenvalue weighted by atomic mass is 16.5. The molecule has 6 heteroatoms. The Labute approximate surface area is 165 Å². The normalized spacial score (nSPS) is 11.8. The third-order valence-corrected chi connectivity index (χ3v) is 4.14. The molecular weight excluding hydrogens is 356 g/mol. The van der Waals surface area contributed by atoms with Crippen LogP contribution in [0.3, 0.4) is 0 Å². The molecule has 1 amide bonds. The lowest BCUT2D eigenvalue weighted by Gasteiger charge is -2.24. The van der Waals surface area contributed by atoms with Crippen LogP contribution < -0.4 is 4.74 Å². The predicted molar refractivity (Wildman–Crippen MR) is 107 cm³/mol. The van der Waals surface area contributed by atoms with Gasteiger partial charge in [-0.1, -0.05) is 19.1 Å². The molecule has 0 N–H and O–H groups in total. The highest BCUT2D eigenvalue weighted by Crippen LogP contribution is 2.14. The average Bonchev–Trinajstić information content (AvgIpc) is 2.72.